The van der Waals surface area contributed by atoms with Crippen LogP contribution in [0.15, 0.2) is 22.7 Å². The highest BCUT2D eigenvalue weighted by Crippen LogP contribution is 2.39. The number of carboxylic acids is 1. The number of benzene rings is 1. The predicted octanol–water partition coefficient (Wildman–Crippen LogP) is 4.82. The summed E-state index contributed by atoms with van der Waals surface area (Å²) < 4.78 is 6.12. The molecular weight excluding hydrogens is 332 g/mol. The fraction of sp³-hybridized carbons (Fsp3) is 0.588. The third-order valence-electron chi connectivity index (χ3n) is 4.52. The number of halogens is 1. The average molecular weight is 355 g/mol. The van der Waals surface area contributed by atoms with E-state index in [-0.39, 0.29) is 0 Å². The van der Waals surface area contributed by atoms with Gasteiger partial charge in [0.05, 0.1) is 17.0 Å². The predicted molar refractivity (Wildman–Crippen MR) is 86.8 cm³/mol. The van der Waals surface area contributed by atoms with Crippen LogP contribution in [0.4, 0.5) is 0 Å². The lowest BCUT2D eigenvalue weighted by Crippen LogP contribution is -2.34. The molecule has 0 unspecified atom stereocenters. The lowest BCUT2D eigenvalue weighted by molar-refractivity contribution is -0.150. The first-order chi connectivity index (χ1) is 10.1. The van der Waals surface area contributed by atoms with Gasteiger partial charge < -0.3 is 9.84 Å². The third-order valence-corrected chi connectivity index (χ3v) is 5.14. The van der Waals surface area contributed by atoms with E-state index in [0.29, 0.717) is 6.42 Å². The van der Waals surface area contributed by atoms with Gasteiger partial charge in [0.1, 0.15) is 5.75 Å². The number of carbonyl (C=O) groups is 1. The van der Waals surface area contributed by atoms with Crippen molar-refractivity contribution in [3.8, 4) is 5.75 Å². The highest BCUT2D eigenvalue weighted by atomic mass is 79.9. The van der Waals surface area contributed by atoms with E-state index in [0.717, 1.165) is 54.3 Å². The van der Waals surface area contributed by atoms with Crippen molar-refractivity contribution in [3.63, 3.8) is 0 Å². The Bertz CT molecular complexity index is 491. The number of rotatable bonds is 4. The normalized spacial score (nSPS) is 18.6. The molecule has 1 saturated carbocycles. The van der Waals surface area contributed by atoms with E-state index >= 15 is 0 Å². The minimum absolute atomic E-state index is 0.602. The number of carboxylic acid groups (broad SMARTS) is 1. The quantitative estimate of drug-likeness (QED) is 0.843. The maximum absolute atomic E-state index is 11.9. The molecule has 1 aliphatic rings. The van der Waals surface area contributed by atoms with E-state index in [2.05, 4.69) is 15.9 Å². The van der Waals surface area contributed by atoms with Gasteiger partial charge in [-0.05, 0) is 52.9 Å². The number of hydrogen-bond donors (Lipinski definition) is 1. The molecule has 2 rings (SSSR count). The molecule has 3 nitrogen and oxygen atoms in total. The van der Waals surface area contributed by atoms with Crippen molar-refractivity contribution >= 4 is 21.9 Å². The molecule has 0 bridgehead atoms. The SMILES string of the molecule is COc1ccc(CC2(C(=O)O)CCCCCCC2)cc1Br. The molecule has 21 heavy (non-hydrogen) atoms. The fourth-order valence-electron chi connectivity index (χ4n) is 3.26. The maximum atomic E-state index is 11.9. The van der Waals surface area contributed by atoms with E-state index in [4.69, 9.17) is 4.74 Å². The van der Waals surface area contributed by atoms with E-state index in [1.807, 2.05) is 18.2 Å². The Morgan fingerprint density at radius 3 is 2.38 bits per heavy atom. The van der Waals surface area contributed by atoms with Crippen LogP contribution < -0.4 is 4.74 Å². The second-order valence-electron chi connectivity index (χ2n) is 6.00. The van der Waals surface area contributed by atoms with Gasteiger partial charge in [-0.15, -0.1) is 0 Å². The summed E-state index contributed by atoms with van der Waals surface area (Å²) in [6, 6.07) is 5.87. The Morgan fingerprint density at radius 2 is 1.86 bits per heavy atom. The molecule has 4 heteroatoms. The summed E-state index contributed by atoms with van der Waals surface area (Å²) in [5.41, 5.74) is 0.458. The molecule has 0 atom stereocenters. The average Bonchev–Trinajstić information content (AvgIpc) is 2.42. The van der Waals surface area contributed by atoms with Crippen molar-refractivity contribution in [2.24, 2.45) is 5.41 Å². The molecule has 1 aliphatic carbocycles. The van der Waals surface area contributed by atoms with Gasteiger partial charge in [0, 0.05) is 0 Å². The van der Waals surface area contributed by atoms with E-state index in [9.17, 15) is 9.90 Å². The van der Waals surface area contributed by atoms with Crippen molar-refractivity contribution in [3.05, 3.63) is 28.2 Å². The van der Waals surface area contributed by atoms with Crippen LogP contribution in [0.2, 0.25) is 0 Å². The van der Waals surface area contributed by atoms with Crippen LogP contribution in [-0.4, -0.2) is 18.2 Å². The van der Waals surface area contributed by atoms with Gasteiger partial charge in [0.15, 0.2) is 0 Å². The van der Waals surface area contributed by atoms with Gasteiger partial charge in [-0.3, -0.25) is 4.79 Å². The molecule has 1 aromatic carbocycles. The van der Waals surface area contributed by atoms with Crippen molar-refractivity contribution in [1.29, 1.82) is 0 Å². The molecule has 0 radical (unpaired) electrons. The standard InChI is InChI=1S/C17H23BrO3/c1-21-15-8-7-13(11-14(15)18)12-17(16(19)20)9-5-3-2-4-6-10-17/h7-8,11H,2-6,9-10,12H2,1H3,(H,19,20). The Labute approximate surface area is 134 Å². The second kappa shape index (κ2) is 7.30. The minimum Gasteiger partial charge on any atom is -0.496 e. The molecule has 0 spiro atoms. The van der Waals surface area contributed by atoms with Crippen LogP contribution in [0, 0.1) is 5.41 Å². The fourth-order valence-corrected chi connectivity index (χ4v) is 3.85. The first kappa shape index (κ1) is 16.3. The molecule has 0 heterocycles. The molecule has 0 amide bonds. The summed E-state index contributed by atoms with van der Waals surface area (Å²) in [5, 5.41) is 9.80. The van der Waals surface area contributed by atoms with Gasteiger partial charge in [-0.25, -0.2) is 0 Å². The molecule has 1 aromatic rings. The number of aliphatic carboxylic acids is 1. The van der Waals surface area contributed by atoms with Gasteiger partial charge in [-0.2, -0.15) is 0 Å². The minimum atomic E-state index is -0.642. The summed E-state index contributed by atoms with van der Waals surface area (Å²) in [4.78, 5) is 11.9. The summed E-state index contributed by atoms with van der Waals surface area (Å²) in [5.74, 6) is 0.136. The van der Waals surface area contributed by atoms with Gasteiger partial charge in [-0.1, -0.05) is 38.2 Å². The highest BCUT2D eigenvalue weighted by molar-refractivity contribution is 9.10. The monoisotopic (exact) mass is 354 g/mol. The Morgan fingerprint density at radius 1 is 1.24 bits per heavy atom. The van der Waals surface area contributed by atoms with E-state index in [1.54, 1.807) is 7.11 Å². The number of hydrogen-bond acceptors (Lipinski definition) is 2. The summed E-state index contributed by atoms with van der Waals surface area (Å²) in [6.45, 7) is 0. The van der Waals surface area contributed by atoms with Crippen LogP contribution in [0.5, 0.6) is 5.75 Å². The Balaban J connectivity index is 2.22. The summed E-state index contributed by atoms with van der Waals surface area (Å²) >= 11 is 3.48. The van der Waals surface area contributed by atoms with E-state index < -0.39 is 11.4 Å². The van der Waals surface area contributed by atoms with Crippen LogP contribution >= 0.6 is 15.9 Å². The smallest absolute Gasteiger partial charge is 0.309 e. The highest BCUT2D eigenvalue weighted by Gasteiger charge is 2.38. The van der Waals surface area contributed by atoms with Crippen molar-refractivity contribution in [2.45, 2.75) is 51.4 Å². The molecule has 1 N–H and O–H groups in total. The van der Waals surface area contributed by atoms with Crippen molar-refractivity contribution in [1.82, 2.24) is 0 Å². The van der Waals surface area contributed by atoms with Crippen LogP contribution in [0.25, 0.3) is 0 Å². The zero-order valence-corrected chi connectivity index (χ0v) is 14.1. The van der Waals surface area contributed by atoms with Crippen molar-refractivity contribution < 1.29 is 14.6 Å². The van der Waals surface area contributed by atoms with Crippen LogP contribution in [0.1, 0.15) is 50.5 Å². The molecule has 116 valence electrons. The lowest BCUT2D eigenvalue weighted by atomic mass is 9.72. The first-order valence-electron chi connectivity index (χ1n) is 7.63. The Kier molecular flexibility index (Phi) is 5.68. The summed E-state index contributed by atoms with van der Waals surface area (Å²) in [6.07, 6.45) is 7.75. The topological polar surface area (TPSA) is 46.5 Å². The van der Waals surface area contributed by atoms with Crippen molar-refractivity contribution in [2.75, 3.05) is 7.11 Å². The maximum Gasteiger partial charge on any atom is 0.309 e. The molecule has 0 aromatic heterocycles. The van der Waals surface area contributed by atoms with Crippen LogP contribution in [-0.2, 0) is 11.2 Å². The first-order valence-corrected chi connectivity index (χ1v) is 8.42. The third kappa shape index (κ3) is 4.00. The van der Waals surface area contributed by atoms with E-state index in [1.165, 1.54) is 6.42 Å². The number of ether oxygens (including phenoxy) is 1. The zero-order chi connectivity index (χ0) is 15.3. The van der Waals surface area contributed by atoms with Crippen LogP contribution in [0.3, 0.4) is 0 Å². The molecule has 1 fully saturated rings. The zero-order valence-electron chi connectivity index (χ0n) is 12.5. The second-order valence-corrected chi connectivity index (χ2v) is 6.85. The number of methoxy groups -OCH3 is 1. The van der Waals surface area contributed by atoms with Gasteiger partial charge in [0.25, 0.3) is 0 Å². The van der Waals surface area contributed by atoms with Gasteiger partial charge >= 0.3 is 5.97 Å². The largest absolute Gasteiger partial charge is 0.496 e. The molecule has 0 aliphatic heterocycles. The lowest BCUT2D eigenvalue weighted by Gasteiger charge is -2.31. The summed E-state index contributed by atoms with van der Waals surface area (Å²) in [7, 11) is 1.63. The molecule has 0 saturated heterocycles. The van der Waals surface area contributed by atoms with Gasteiger partial charge in [0.2, 0.25) is 0 Å². The Hall–Kier alpha value is -1.03. The molecular formula is C17H23BrO3.